The Morgan fingerprint density at radius 3 is 2.91 bits per heavy atom. The van der Waals surface area contributed by atoms with Crippen LogP contribution < -0.4 is 0 Å². The van der Waals surface area contributed by atoms with Gasteiger partial charge < -0.3 is 14.8 Å². The zero-order valence-corrected chi connectivity index (χ0v) is 14.0. The van der Waals surface area contributed by atoms with E-state index in [1.807, 2.05) is 38.1 Å². The van der Waals surface area contributed by atoms with Crippen LogP contribution in [-0.2, 0) is 4.74 Å². The largest absolute Gasteiger partial charge is 0.392 e. The van der Waals surface area contributed by atoms with Crippen LogP contribution in [-0.4, -0.2) is 34.2 Å². The SMILES string of the molecule is CC(C=CC1OC1(C)CCC=C(C)CO)=CC(=O)c1ccc[nH]1. The second kappa shape index (κ2) is 7.57. The molecule has 1 saturated heterocycles. The third kappa shape index (κ3) is 5.05. The van der Waals surface area contributed by atoms with Crippen molar-refractivity contribution in [1.29, 1.82) is 0 Å². The topological polar surface area (TPSA) is 65.6 Å². The molecule has 0 radical (unpaired) electrons. The van der Waals surface area contributed by atoms with Gasteiger partial charge in [0.1, 0.15) is 6.10 Å². The fourth-order valence-electron chi connectivity index (χ4n) is 2.43. The van der Waals surface area contributed by atoms with Gasteiger partial charge in [0.05, 0.1) is 17.9 Å². The third-order valence-corrected chi connectivity index (χ3v) is 4.08. The van der Waals surface area contributed by atoms with Crippen LogP contribution in [0, 0.1) is 0 Å². The second-order valence-corrected chi connectivity index (χ2v) is 6.29. The number of aliphatic hydroxyl groups excluding tert-OH is 1. The smallest absolute Gasteiger partial charge is 0.202 e. The summed E-state index contributed by atoms with van der Waals surface area (Å²) in [6.45, 7) is 6.03. The Kier molecular flexibility index (Phi) is 5.74. The number of carbonyl (C=O) groups is 1. The Morgan fingerprint density at radius 1 is 1.48 bits per heavy atom. The highest BCUT2D eigenvalue weighted by Crippen LogP contribution is 2.41. The molecule has 2 unspecified atom stereocenters. The molecule has 2 heterocycles. The number of nitrogens with one attached hydrogen (secondary N) is 1. The Balaban J connectivity index is 1.83. The van der Waals surface area contributed by atoms with Crippen molar-refractivity contribution in [3.63, 3.8) is 0 Å². The molecule has 2 rings (SSSR count). The molecule has 4 nitrogen and oxygen atoms in total. The normalized spacial score (nSPS) is 25.1. The van der Waals surface area contributed by atoms with Crippen LogP contribution in [0.4, 0.5) is 0 Å². The molecule has 0 amide bonds. The van der Waals surface area contributed by atoms with Crippen LogP contribution in [0.25, 0.3) is 0 Å². The van der Waals surface area contributed by atoms with Crippen molar-refractivity contribution < 1.29 is 14.6 Å². The van der Waals surface area contributed by atoms with E-state index in [4.69, 9.17) is 9.84 Å². The summed E-state index contributed by atoms with van der Waals surface area (Å²) >= 11 is 0. The van der Waals surface area contributed by atoms with Crippen LogP contribution >= 0.6 is 0 Å². The van der Waals surface area contributed by atoms with E-state index in [0.29, 0.717) is 5.69 Å². The predicted octanol–water partition coefficient (Wildman–Crippen LogP) is 3.58. The molecule has 1 aliphatic heterocycles. The van der Waals surface area contributed by atoms with E-state index in [9.17, 15) is 4.79 Å². The lowest BCUT2D eigenvalue weighted by Gasteiger charge is -2.03. The number of hydrogen-bond donors (Lipinski definition) is 2. The zero-order valence-electron chi connectivity index (χ0n) is 14.0. The third-order valence-electron chi connectivity index (χ3n) is 4.08. The van der Waals surface area contributed by atoms with Gasteiger partial charge >= 0.3 is 0 Å². The minimum absolute atomic E-state index is 0.0266. The van der Waals surface area contributed by atoms with Crippen molar-refractivity contribution >= 4 is 5.78 Å². The fraction of sp³-hybridized carbons (Fsp3) is 0.421. The Labute approximate surface area is 137 Å². The number of hydrogen-bond acceptors (Lipinski definition) is 3. The highest BCUT2D eigenvalue weighted by molar-refractivity contribution is 6.03. The standard InChI is InChI=1S/C19H25NO3/c1-14(12-17(22)16-7-5-11-20-16)8-9-18-19(3,23-18)10-4-6-15(2)13-21/h5-9,11-12,18,20-21H,4,10,13H2,1-3H3. The number of carbonyl (C=O) groups excluding carboxylic acids is 1. The van der Waals surface area contributed by atoms with Gasteiger partial charge in [-0.05, 0) is 57.4 Å². The number of aromatic nitrogens is 1. The highest BCUT2D eigenvalue weighted by atomic mass is 16.6. The van der Waals surface area contributed by atoms with Gasteiger partial charge in [0.15, 0.2) is 0 Å². The van der Waals surface area contributed by atoms with Gasteiger partial charge in [-0.15, -0.1) is 0 Å². The molecule has 2 N–H and O–H groups in total. The molecule has 0 aliphatic carbocycles. The Hall–Kier alpha value is -1.91. The lowest BCUT2D eigenvalue weighted by molar-refractivity contribution is 0.104. The van der Waals surface area contributed by atoms with E-state index >= 15 is 0 Å². The van der Waals surface area contributed by atoms with E-state index in [1.165, 1.54) is 0 Å². The number of ether oxygens (including phenoxy) is 1. The van der Waals surface area contributed by atoms with Gasteiger partial charge in [0.2, 0.25) is 5.78 Å². The van der Waals surface area contributed by atoms with Crippen LogP contribution in [0.3, 0.4) is 0 Å². The molecule has 4 heteroatoms. The number of epoxide rings is 1. The molecular weight excluding hydrogens is 290 g/mol. The molecule has 2 atom stereocenters. The molecule has 1 aliphatic rings. The van der Waals surface area contributed by atoms with Crippen molar-refractivity contribution in [2.24, 2.45) is 0 Å². The van der Waals surface area contributed by atoms with E-state index in [-0.39, 0.29) is 24.1 Å². The highest BCUT2D eigenvalue weighted by Gasteiger charge is 2.49. The van der Waals surface area contributed by atoms with Gasteiger partial charge in [0.25, 0.3) is 0 Å². The number of aromatic amines is 1. The zero-order chi connectivity index (χ0) is 16.9. The molecule has 0 spiro atoms. The van der Waals surface area contributed by atoms with E-state index < -0.39 is 0 Å². The maximum Gasteiger partial charge on any atom is 0.202 e. The van der Waals surface area contributed by atoms with E-state index in [2.05, 4.69) is 11.9 Å². The van der Waals surface area contributed by atoms with Crippen LogP contribution in [0.2, 0.25) is 0 Å². The molecule has 124 valence electrons. The lowest BCUT2D eigenvalue weighted by atomic mass is 10.00. The van der Waals surface area contributed by atoms with Gasteiger partial charge in [-0.25, -0.2) is 0 Å². The summed E-state index contributed by atoms with van der Waals surface area (Å²) in [5.41, 5.74) is 2.35. The molecule has 0 aromatic carbocycles. The van der Waals surface area contributed by atoms with Crippen molar-refractivity contribution in [1.82, 2.24) is 4.98 Å². The summed E-state index contributed by atoms with van der Waals surface area (Å²) in [6, 6.07) is 3.57. The first-order chi connectivity index (χ1) is 10.9. The minimum Gasteiger partial charge on any atom is -0.392 e. The Morgan fingerprint density at radius 2 is 2.26 bits per heavy atom. The number of ketones is 1. The van der Waals surface area contributed by atoms with E-state index in [1.54, 1.807) is 18.3 Å². The first kappa shape index (κ1) is 17.4. The average molecular weight is 315 g/mol. The Bertz CT molecular complexity index is 625. The molecular formula is C19H25NO3. The maximum absolute atomic E-state index is 11.9. The molecule has 1 fully saturated rings. The van der Waals surface area contributed by atoms with Gasteiger partial charge in [-0.1, -0.05) is 23.8 Å². The van der Waals surface area contributed by atoms with Crippen LogP contribution in [0.5, 0.6) is 0 Å². The number of rotatable bonds is 8. The van der Waals surface area contributed by atoms with Crippen molar-refractivity contribution in [3.05, 3.63) is 59.5 Å². The molecule has 1 aromatic heterocycles. The summed E-state index contributed by atoms with van der Waals surface area (Å²) in [4.78, 5) is 14.8. The number of allylic oxidation sites excluding steroid dienone is 4. The van der Waals surface area contributed by atoms with Gasteiger partial charge in [-0.3, -0.25) is 4.79 Å². The summed E-state index contributed by atoms with van der Waals surface area (Å²) in [6.07, 6.45) is 11.3. The summed E-state index contributed by atoms with van der Waals surface area (Å²) in [7, 11) is 0. The molecule has 1 aromatic rings. The van der Waals surface area contributed by atoms with Crippen LogP contribution in [0.15, 0.2) is 53.8 Å². The minimum atomic E-state index is -0.132. The quantitative estimate of drug-likeness (QED) is 0.253. The van der Waals surface area contributed by atoms with Crippen molar-refractivity contribution in [3.8, 4) is 0 Å². The number of H-pyrrole nitrogens is 1. The lowest BCUT2D eigenvalue weighted by Crippen LogP contribution is -2.07. The summed E-state index contributed by atoms with van der Waals surface area (Å²) < 4.78 is 5.75. The van der Waals surface area contributed by atoms with E-state index in [0.717, 1.165) is 24.0 Å². The second-order valence-electron chi connectivity index (χ2n) is 6.29. The average Bonchev–Trinajstić information content (AvgIpc) is 2.93. The fourth-order valence-corrected chi connectivity index (χ4v) is 2.43. The molecule has 0 saturated carbocycles. The van der Waals surface area contributed by atoms with Crippen LogP contribution in [0.1, 0.15) is 44.1 Å². The number of aliphatic hydroxyl groups is 1. The molecule has 23 heavy (non-hydrogen) atoms. The molecule has 0 bridgehead atoms. The summed E-state index contributed by atoms with van der Waals surface area (Å²) in [5.74, 6) is -0.0266. The predicted molar refractivity (Wildman–Crippen MR) is 91.4 cm³/mol. The first-order valence-corrected chi connectivity index (χ1v) is 7.93. The monoisotopic (exact) mass is 315 g/mol. The van der Waals surface area contributed by atoms with Crippen molar-refractivity contribution in [2.45, 2.75) is 45.3 Å². The van der Waals surface area contributed by atoms with Crippen molar-refractivity contribution in [2.75, 3.05) is 6.61 Å². The van der Waals surface area contributed by atoms with Gasteiger partial charge in [-0.2, -0.15) is 0 Å². The first-order valence-electron chi connectivity index (χ1n) is 7.93. The summed E-state index contributed by atoms with van der Waals surface area (Å²) in [5, 5.41) is 8.97. The van der Waals surface area contributed by atoms with Gasteiger partial charge in [0, 0.05) is 6.20 Å². The maximum atomic E-state index is 11.9.